The molecule has 2 rings (SSSR count). The minimum Gasteiger partial charge on any atom is -0.494 e. The Kier molecular flexibility index (Phi) is 7.63. The molecule has 146 valence electrons. The molecule has 0 saturated carbocycles. The molecule has 0 radical (unpaired) electrons. The fourth-order valence-electron chi connectivity index (χ4n) is 2.65. The van der Waals surface area contributed by atoms with Gasteiger partial charge in [-0.2, -0.15) is 4.31 Å². The summed E-state index contributed by atoms with van der Waals surface area (Å²) in [7, 11) is 0.528. The molecule has 0 aromatic heterocycles. The topological polar surface area (TPSA) is 65.1 Å². The van der Waals surface area contributed by atoms with Crippen LogP contribution in [0.2, 0.25) is 0 Å². The standard InChI is InChI=1S/C17H28N4O3S2/c1-4-24-15-5-7-16(8-6-15)26(22,23)21-13-11-20(12-14-21)17(25)18-9-10-19(2)3/h5-8H,4,9-14H2,1-3H3,(H,18,25). The molecule has 0 atom stereocenters. The summed E-state index contributed by atoms with van der Waals surface area (Å²) in [5, 5.41) is 3.91. The van der Waals surface area contributed by atoms with Crippen LogP contribution in [0, 0.1) is 0 Å². The lowest BCUT2D eigenvalue weighted by Crippen LogP contribution is -2.53. The van der Waals surface area contributed by atoms with E-state index in [2.05, 4.69) is 10.2 Å². The van der Waals surface area contributed by atoms with Crippen LogP contribution < -0.4 is 10.1 Å². The normalized spacial score (nSPS) is 15.9. The third kappa shape index (κ3) is 5.54. The van der Waals surface area contributed by atoms with Gasteiger partial charge in [0.1, 0.15) is 5.75 Å². The lowest BCUT2D eigenvalue weighted by molar-refractivity contribution is 0.263. The second kappa shape index (κ2) is 9.50. The van der Waals surface area contributed by atoms with Crippen molar-refractivity contribution >= 4 is 27.4 Å². The molecule has 0 unspecified atom stereocenters. The number of hydrogen-bond donors (Lipinski definition) is 1. The third-order valence-electron chi connectivity index (χ3n) is 4.13. The quantitative estimate of drug-likeness (QED) is 0.680. The summed E-state index contributed by atoms with van der Waals surface area (Å²) >= 11 is 5.41. The van der Waals surface area contributed by atoms with Crippen LogP contribution in [0.15, 0.2) is 29.2 Å². The van der Waals surface area contributed by atoms with Gasteiger partial charge >= 0.3 is 0 Å². The molecule has 1 aliphatic rings. The maximum absolute atomic E-state index is 12.8. The van der Waals surface area contributed by atoms with Gasteiger partial charge in [-0.25, -0.2) is 8.42 Å². The number of nitrogens with one attached hydrogen (secondary N) is 1. The molecule has 9 heteroatoms. The Hall–Kier alpha value is -1.42. The van der Waals surface area contributed by atoms with E-state index in [1.807, 2.05) is 25.9 Å². The van der Waals surface area contributed by atoms with Crippen molar-refractivity contribution in [2.45, 2.75) is 11.8 Å². The Morgan fingerprint density at radius 3 is 2.35 bits per heavy atom. The van der Waals surface area contributed by atoms with E-state index in [0.717, 1.165) is 13.1 Å². The van der Waals surface area contributed by atoms with Gasteiger partial charge in [0.15, 0.2) is 5.11 Å². The van der Waals surface area contributed by atoms with Gasteiger partial charge in [0.05, 0.1) is 11.5 Å². The van der Waals surface area contributed by atoms with Crippen LogP contribution in [0.4, 0.5) is 0 Å². The number of ether oxygens (including phenoxy) is 1. The number of likely N-dealkylation sites (N-methyl/N-ethyl adjacent to an activating group) is 1. The SMILES string of the molecule is CCOc1ccc(S(=O)(=O)N2CCN(C(=S)NCCN(C)C)CC2)cc1. The van der Waals surface area contributed by atoms with Crippen LogP contribution in [-0.4, -0.2) is 87.6 Å². The number of nitrogens with zero attached hydrogens (tertiary/aromatic N) is 3. The highest BCUT2D eigenvalue weighted by molar-refractivity contribution is 7.89. The van der Waals surface area contributed by atoms with Crippen molar-refractivity contribution in [3.63, 3.8) is 0 Å². The summed E-state index contributed by atoms with van der Waals surface area (Å²) < 4.78 is 32.5. The minimum atomic E-state index is -3.49. The largest absolute Gasteiger partial charge is 0.494 e. The maximum Gasteiger partial charge on any atom is 0.243 e. The summed E-state index contributed by atoms with van der Waals surface area (Å²) in [5.74, 6) is 0.672. The Morgan fingerprint density at radius 2 is 1.81 bits per heavy atom. The average Bonchev–Trinajstić information content (AvgIpc) is 2.62. The summed E-state index contributed by atoms with van der Waals surface area (Å²) in [6.07, 6.45) is 0. The monoisotopic (exact) mass is 400 g/mol. The van der Waals surface area contributed by atoms with E-state index < -0.39 is 10.0 Å². The number of rotatable bonds is 7. The highest BCUT2D eigenvalue weighted by Crippen LogP contribution is 2.20. The first-order valence-electron chi connectivity index (χ1n) is 8.75. The van der Waals surface area contributed by atoms with Gasteiger partial charge in [-0.1, -0.05) is 0 Å². The van der Waals surface area contributed by atoms with Crippen LogP contribution in [-0.2, 0) is 10.0 Å². The predicted octanol–water partition coefficient (Wildman–Crippen LogP) is 0.828. The van der Waals surface area contributed by atoms with Crippen molar-refractivity contribution < 1.29 is 13.2 Å². The van der Waals surface area contributed by atoms with Crippen molar-refractivity contribution in [3.8, 4) is 5.75 Å². The Balaban J connectivity index is 1.90. The number of piperazine rings is 1. The smallest absolute Gasteiger partial charge is 0.243 e. The number of benzene rings is 1. The first kappa shape index (κ1) is 20.9. The van der Waals surface area contributed by atoms with E-state index in [4.69, 9.17) is 17.0 Å². The summed E-state index contributed by atoms with van der Waals surface area (Å²) in [6.45, 7) is 6.13. The Morgan fingerprint density at radius 1 is 1.19 bits per heavy atom. The summed E-state index contributed by atoms with van der Waals surface area (Å²) in [6, 6.07) is 6.58. The minimum absolute atomic E-state index is 0.293. The van der Waals surface area contributed by atoms with Crippen LogP contribution >= 0.6 is 12.2 Å². The van der Waals surface area contributed by atoms with Crippen LogP contribution in [0.1, 0.15) is 6.92 Å². The Labute approximate surface area is 162 Å². The van der Waals surface area contributed by atoms with Crippen molar-refractivity contribution in [3.05, 3.63) is 24.3 Å². The summed E-state index contributed by atoms with van der Waals surface area (Å²) in [4.78, 5) is 4.40. The van der Waals surface area contributed by atoms with Gasteiger partial charge in [-0.3, -0.25) is 0 Å². The van der Waals surface area contributed by atoms with Gasteiger partial charge in [-0.05, 0) is 57.5 Å². The van der Waals surface area contributed by atoms with E-state index in [9.17, 15) is 8.42 Å². The van der Waals surface area contributed by atoms with Crippen molar-refractivity contribution in [1.82, 2.24) is 19.4 Å². The molecule has 1 N–H and O–H groups in total. The van der Waals surface area contributed by atoms with Crippen molar-refractivity contribution in [2.24, 2.45) is 0 Å². The predicted molar refractivity (Wildman–Crippen MR) is 107 cm³/mol. The van der Waals surface area contributed by atoms with Crippen LogP contribution in [0.25, 0.3) is 0 Å². The molecule has 0 bridgehead atoms. The van der Waals surface area contributed by atoms with E-state index in [0.29, 0.717) is 48.5 Å². The Bertz CT molecular complexity index is 684. The molecule has 26 heavy (non-hydrogen) atoms. The molecule has 1 fully saturated rings. The molecule has 1 aliphatic heterocycles. The second-order valence-electron chi connectivity index (χ2n) is 6.33. The first-order valence-corrected chi connectivity index (χ1v) is 10.6. The zero-order chi connectivity index (χ0) is 19.2. The second-order valence-corrected chi connectivity index (χ2v) is 8.66. The fourth-order valence-corrected chi connectivity index (χ4v) is 4.36. The molecule has 1 aromatic rings. The highest BCUT2D eigenvalue weighted by atomic mass is 32.2. The zero-order valence-electron chi connectivity index (χ0n) is 15.6. The molecule has 1 aromatic carbocycles. The molecular weight excluding hydrogens is 372 g/mol. The zero-order valence-corrected chi connectivity index (χ0v) is 17.3. The van der Waals surface area contributed by atoms with Gasteiger partial charge in [0, 0.05) is 39.3 Å². The maximum atomic E-state index is 12.8. The van der Waals surface area contributed by atoms with Crippen LogP contribution in [0.5, 0.6) is 5.75 Å². The van der Waals surface area contributed by atoms with Gasteiger partial charge in [-0.15, -0.1) is 0 Å². The molecule has 0 amide bonds. The van der Waals surface area contributed by atoms with Gasteiger partial charge in [0.25, 0.3) is 0 Å². The molecule has 0 aliphatic carbocycles. The van der Waals surface area contributed by atoms with E-state index in [1.54, 1.807) is 24.3 Å². The number of thiocarbonyl (C=S) groups is 1. The third-order valence-corrected chi connectivity index (χ3v) is 6.45. The molecule has 1 saturated heterocycles. The van der Waals surface area contributed by atoms with Crippen LogP contribution in [0.3, 0.4) is 0 Å². The van der Waals surface area contributed by atoms with E-state index in [-0.39, 0.29) is 0 Å². The first-order chi connectivity index (χ1) is 12.3. The lowest BCUT2D eigenvalue weighted by atomic mass is 10.3. The molecule has 0 spiro atoms. The highest BCUT2D eigenvalue weighted by Gasteiger charge is 2.29. The number of hydrogen-bond acceptors (Lipinski definition) is 5. The molecular formula is C17H28N4O3S2. The number of sulfonamides is 1. The fraction of sp³-hybridized carbons (Fsp3) is 0.588. The van der Waals surface area contributed by atoms with Gasteiger partial charge in [0.2, 0.25) is 10.0 Å². The average molecular weight is 401 g/mol. The lowest BCUT2D eigenvalue weighted by Gasteiger charge is -2.35. The van der Waals surface area contributed by atoms with Gasteiger partial charge < -0.3 is 19.9 Å². The van der Waals surface area contributed by atoms with E-state index in [1.165, 1.54) is 4.31 Å². The molecule has 1 heterocycles. The van der Waals surface area contributed by atoms with Crippen molar-refractivity contribution in [1.29, 1.82) is 0 Å². The van der Waals surface area contributed by atoms with Crippen molar-refractivity contribution in [2.75, 3.05) is 60.0 Å². The molecule has 7 nitrogen and oxygen atoms in total. The van der Waals surface area contributed by atoms with E-state index >= 15 is 0 Å². The summed E-state index contributed by atoms with van der Waals surface area (Å²) in [5.41, 5.74) is 0.